The monoisotopic (exact) mass is 262 g/mol. The van der Waals surface area contributed by atoms with Gasteiger partial charge in [0.25, 0.3) is 0 Å². The van der Waals surface area contributed by atoms with Crippen LogP contribution in [0.15, 0.2) is 18.2 Å². The number of nitrogens with zero attached hydrogens (tertiary/aromatic N) is 1. The fraction of sp³-hybridized carbons (Fsp3) is 0.533. The minimum absolute atomic E-state index is 0.148. The van der Waals surface area contributed by atoms with E-state index in [1.54, 1.807) is 0 Å². The van der Waals surface area contributed by atoms with Crippen LogP contribution in [-0.2, 0) is 11.2 Å². The van der Waals surface area contributed by atoms with Gasteiger partial charge < -0.3 is 10.5 Å². The van der Waals surface area contributed by atoms with Crippen LogP contribution in [0.3, 0.4) is 0 Å². The van der Waals surface area contributed by atoms with E-state index in [9.17, 15) is 10.0 Å². The van der Waals surface area contributed by atoms with E-state index in [0.29, 0.717) is 6.54 Å². The minimum atomic E-state index is -0.607. The molecular formula is C15H22N2O2. The number of hydrogen-bond acceptors (Lipinski definition) is 3. The largest absolute Gasteiger partial charge is 0.350 e. The zero-order valence-electron chi connectivity index (χ0n) is 12.0. The summed E-state index contributed by atoms with van der Waals surface area (Å²) in [7, 11) is 0. The van der Waals surface area contributed by atoms with Gasteiger partial charge in [0.1, 0.15) is 6.04 Å². The lowest BCUT2D eigenvalue weighted by atomic mass is 9.89. The standard InChI is InChI=1S/C15H22N2O2/c1-10-6-5-7-11-8-9-17(19)13(12(10)11)14(18)16-15(2,3)4/h5-7,13,19H,8-9H2,1-4H3,(H,16,18). The second-order valence-electron chi connectivity index (χ2n) is 6.20. The molecule has 0 saturated carbocycles. The van der Waals surface area contributed by atoms with Crippen molar-refractivity contribution in [2.45, 2.75) is 45.7 Å². The maximum absolute atomic E-state index is 12.4. The van der Waals surface area contributed by atoms with Crippen molar-refractivity contribution in [2.24, 2.45) is 0 Å². The molecule has 2 rings (SSSR count). The molecule has 1 atom stereocenters. The van der Waals surface area contributed by atoms with Gasteiger partial charge in [-0.25, -0.2) is 0 Å². The summed E-state index contributed by atoms with van der Waals surface area (Å²) in [5.74, 6) is -0.148. The highest BCUT2D eigenvalue weighted by Gasteiger charge is 2.34. The van der Waals surface area contributed by atoms with Crippen LogP contribution in [0.2, 0.25) is 0 Å². The van der Waals surface area contributed by atoms with E-state index >= 15 is 0 Å². The first kappa shape index (κ1) is 14.0. The molecule has 1 aromatic carbocycles. The van der Waals surface area contributed by atoms with E-state index < -0.39 is 6.04 Å². The Balaban J connectivity index is 2.38. The quantitative estimate of drug-likeness (QED) is 0.815. The van der Waals surface area contributed by atoms with Crippen molar-refractivity contribution in [3.05, 3.63) is 34.9 Å². The normalized spacial score (nSPS) is 19.9. The Bertz CT molecular complexity index is 491. The fourth-order valence-electron chi connectivity index (χ4n) is 2.57. The third-order valence-corrected chi connectivity index (χ3v) is 3.34. The van der Waals surface area contributed by atoms with Gasteiger partial charge in [0.15, 0.2) is 0 Å². The average molecular weight is 262 g/mol. The molecule has 0 radical (unpaired) electrons. The van der Waals surface area contributed by atoms with Crippen molar-refractivity contribution in [1.82, 2.24) is 10.4 Å². The van der Waals surface area contributed by atoms with Crippen LogP contribution < -0.4 is 5.32 Å². The maximum Gasteiger partial charge on any atom is 0.244 e. The predicted molar refractivity (Wildman–Crippen MR) is 74.0 cm³/mol. The second kappa shape index (κ2) is 4.94. The summed E-state index contributed by atoms with van der Waals surface area (Å²) in [5.41, 5.74) is 2.83. The number of fused-ring (bicyclic) bond motifs is 1. The zero-order chi connectivity index (χ0) is 14.2. The third kappa shape index (κ3) is 2.96. The van der Waals surface area contributed by atoms with Crippen LogP contribution in [0.5, 0.6) is 0 Å². The first-order chi connectivity index (χ1) is 8.79. The molecule has 1 aliphatic heterocycles. The van der Waals surface area contributed by atoms with Crippen molar-refractivity contribution < 1.29 is 10.0 Å². The molecule has 2 N–H and O–H groups in total. The Morgan fingerprint density at radius 3 is 2.74 bits per heavy atom. The second-order valence-corrected chi connectivity index (χ2v) is 6.20. The van der Waals surface area contributed by atoms with Gasteiger partial charge in [0, 0.05) is 12.1 Å². The van der Waals surface area contributed by atoms with Gasteiger partial charge in [-0.1, -0.05) is 18.2 Å². The fourth-order valence-corrected chi connectivity index (χ4v) is 2.57. The molecule has 19 heavy (non-hydrogen) atoms. The van der Waals surface area contributed by atoms with Crippen LogP contribution in [0, 0.1) is 6.92 Å². The summed E-state index contributed by atoms with van der Waals surface area (Å²) >= 11 is 0. The SMILES string of the molecule is Cc1cccc2c1C(C(=O)NC(C)(C)C)N(O)CC2. The van der Waals surface area contributed by atoms with Gasteiger partial charge in [0.05, 0.1) is 0 Å². The molecular weight excluding hydrogens is 240 g/mol. The molecule has 4 nitrogen and oxygen atoms in total. The number of amides is 1. The third-order valence-electron chi connectivity index (χ3n) is 3.34. The van der Waals surface area contributed by atoms with Gasteiger partial charge in [-0.05, 0) is 50.8 Å². The van der Waals surface area contributed by atoms with Crippen LogP contribution >= 0.6 is 0 Å². The van der Waals surface area contributed by atoms with E-state index in [1.165, 1.54) is 0 Å². The Hall–Kier alpha value is -1.39. The molecule has 0 aromatic heterocycles. The molecule has 0 fully saturated rings. The average Bonchev–Trinajstić information content (AvgIpc) is 2.27. The summed E-state index contributed by atoms with van der Waals surface area (Å²) < 4.78 is 0. The van der Waals surface area contributed by atoms with E-state index in [1.807, 2.05) is 45.9 Å². The Morgan fingerprint density at radius 1 is 1.42 bits per heavy atom. The number of hydrogen-bond donors (Lipinski definition) is 2. The molecule has 0 spiro atoms. The van der Waals surface area contributed by atoms with Crippen molar-refractivity contribution in [3.8, 4) is 0 Å². The lowest BCUT2D eigenvalue weighted by molar-refractivity contribution is -0.160. The van der Waals surface area contributed by atoms with Crippen molar-refractivity contribution in [1.29, 1.82) is 0 Å². The first-order valence-corrected chi connectivity index (χ1v) is 6.65. The summed E-state index contributed by atoms with van der Waals surface area (Å²) in [4.78, 5) is 12.4. The van der Waals surface area contributed by atoms with Gasteiger partial charge in [0.2, 0.25) is 5.91 Å². The lowest BCUT2D eigenvalue weighted by Crippen LogP contribution is -2.49. The molecule has 1 aromatic rings. The van der Waals surface area contributed by atoms with E-state index in [0.717, 1.165) is 28.2 Å². The van der Waals surface area contributed by atoms with Crippen LogP contribution in [0.4, 0.5) is 0 Å². The van der Waals surface area contributed by atoms with Crippen molar-refractivity contribution in [2.75, 3.05) is 6.54 Å². The van der Waals surface area contributed by atoms with Gasteiger partial charge in [-0.3, -0.25) is 4.79 Å². The Kier molecular flexibility index (Phi) is 3.65. The maximum atomic E-state index is 12.4. The van der Waals surface area contributed by atoms with E-state index in [4.69, 9.17) is 0 Å². The highest BCUT2D eigenvalue weighted by molar-refractivity contribution is 5.84. The molecule has 1 amide bonds. The van der Waals surface area contributed by atoms with Gasteiger partial charge in [-0.2, -0.15) is 5.06 Å². The van der Waals surface area contributed by atoms with E-state index in [-0.39, 0.29) is 11.4 Å². The van der Waals surface area contributed by atoms with Crippen molar-refractivity contribution >= 4 is 5.91 Å². The van der Waals surface area contributed by atoms with Crippen LogP contribution in [0.1, 0.15) is 43.5 Å². The number of nitrogens with one attached hydrogen (secondary N) is 1. The summed E-state index contributed by atoms with van der Waals surface area (Å²) in [5, 5.41) is 14.2. The number of carbonyl (C=O) groups excluding carboxylic acids is 1. The molecule has 104 valence electrons. The lowest BCUT2D eigenvalue weighted by Gasteiger charge is -2.34. The molecule has 4 heteroatoms. The van der Waals surface area contributed by atoms with Crippen LogP contribution in [-0.4, -0.2) is 28.3 Å². The molecule has 0 bridgehead atoms. The topological polar surface area (TPSA) is 52.6 Å². The first-order valence-electron chi connectivity index (χ1n) is 6.65. The summed E-state index contributed by atoms with van der Waals surface area (Å²) in [6.07, 6.45) is 0.771. The molecule has 1 unspecified atom stereocenters. The number of benzene rings is 1. The van der Waals surface area contributed by atoms with Gasteiger partial charge in [-0.15, -0.1) is 0 Å². The number of rotatable bonds is 1. The molecule has 1 heterocycles. The molecule has 1 aliphatic rings. The Labute approximate surface area is 114 Å². The summed E-state index contributed by atoms with van der Waals surface area (Å²) in [6, 6.07) is 5.41. The van der Waals surface area contributed by atoms with Gasteiger partial charge >= 0.3 is 0 Å². The number of hydroxylamine groups is 2. The zero-order valence-corrected chi connectivity index (χ0v) is 12.0. The smallest absolute Gasteiger partial charge is 0.244 e. The van der Waals surface area contributed by atoms with Crippen molar-refractivity contribution in [3.63, 3.8) is 0 Å². The minimum Gasteiger partial charge on any atom is -0.350 e. The Morgan fingerprint density at radius 2 is 2.11 bits per heavy atom. The predicted octanol–water partition coefficient (Wildman–Crippen LogP) is 2.20. The number of carbonyl (C=O) groups is 1. The highest BCUT2D eigenvalue weighted by Crippen LogP contribution is 2.31. The summed E-state index contributed by atoms with van der Waals surface area (Å²) in [6.45, 7) is 8.28. The number of aryl methyl sites for hydroxylation is 1. The van der Waals surface area contributed by atoms with Crippen LogP contribution in [0.25, 0.3) is 0 Å². The molecule has 0 saturated heterocycles. The van der Waals surface area contributed by atoms with E-state index in [2.05, 4.69) is 5.32 Å². The highest BCUT2D eigenvalue weighted by atomic mass is 16.5. The molecule has 0 aliphatic carbocycles.